The van der Waals surface area contributed by atoms with Gasteiger partial charge < -0.3 is 4.74 Å². The zero-order chi connectivity index (χ0) is 13.5. The Morgan fingerprint density at radius 3 is 2.58 bits per heavy atom. The van der Waals surface area contributed by atoms with Crippen LogP contribution in [-0.4, -0.2) is 7.11 Å². The molecular weight excluding hydrogens is 238 g/mol. The van der Waals surface area contributed by atoms with Crippen molar-refractivity contribution >= 4 is 0 Å². The first-order valence-electron chi connectivity index (χ1n) is 6.35. The molecule has 0 aliphatic carbocycles. The van der Waals surface area contributed by atoms with Crippen LogP contribution in [0.5, 0.6) is 5.75 Å². The number of benzene rings is 2. The standard InChI is InChI=1S/C16H19NO2/c1-13(15-9-6-10-16(11-15)18-2)17-19-12-14-7-4-3-5-8-14/h3-11,13,17H,12H2,1-2H3. The molecule has 3 nitrogen and oxygen atoms in total. The first kappa shape index (κ1) is 13.6. The Morgan fingerprint density at radius 1 is 1.05 bits per heavy atom. The van der Waals surface area contributed by atoms with E-state index in [0.29, 0.717) is 6.61 Å². The van der Waals surface area contributed by atoms with E-state index in [-0.39, 0.29) is 6.04 Å². The molecule has 2 aromatic rings. The average Bonchev–Trinajstić information content (AvgIpc) is 2.48. The summed E-state index contributed by atoms with van der Waals surface area (Å²) in [7, 11) is 1.67. The lowest BCUT2D eigenvalue weighted by Gasteiger charge is -2.15. The number of nitrogens with one attached hydrogen (secondary N) is 1. The van der Waals surface area contributed by atoms with E-state index < -0.39 is 0 Å². The highest BCUT2D eigenvalue weighted by molar-refractivity contribution is 5.30. The van der Waals surface area contributed by atoms with Crippen LogP contribution in [0.15, 0.2) is 54.6 Å². The fourth-order valence-corrected chi connectivity index (χ4v) is 1.80. The quantitative estimate of drug-likeness (QED) is 0.804. The maximum Gasteiger partial charge on any atom is 0.119 e. The molecule has 0 fully saturated rings. The second-order valence-corrected chi connectivity index (χ2v) is 4.39. The molecule has 2 aromatic carbocycles. The summed E-state index contributed by atoms with van der Waals surface area (Å²) in [6.07, 6.45) is 0. The van der Waals surface area contributed by atoms with E-state index in [1.165, 1.54) is 0 Å². The molecule has 0 aliphatic heterocycles. The Kier molecular flexibility index (Phi) is 4.95. The van der Waals surface area contributed by atoms with Gasteiger partial charge in [-0.15, -0.1) is 0 Å². The maximum absolute atomic E-state index is 5.52. The van der Waals surface area contributed by atoms with Gasteiger partial charge >= 0.3 is 0 Å². The molecule has 0 bridgehead atoms. The lowest BCUT2D eigenvalue weighted by molar-refractivity contribution is 0.00695. The van der Waals surface area contributed by atoms with Crippen molar-refractivity contribution in [2.45, 2.75) is 19.6 Å². The largest absolute Gasteiger partial charge is 0.497 e. The highest BCUT2D eigenvalue weighted by Crippen LogP contribution is 2.18. The molecular formula is C16H19NO2. The smallest absolute Gasteiger partial charge is 0.119 e. The van der Waals surface area contributed by atoms with Crippen molar-refractivity contribution in [3.63, 3.8) is 0 Å². The van der Waals surface area contributed by atoms with Crippen LogP contribution in [0.4, 0.5) is 0 Å². The summed E-state index contributed by atoms with van der Waals surface area (Å²) < 4.78 is 5.21. The van der Waals surface area contributed by atoms with E-state index in [4.69, 9.17) is 9.57 Å². The zero-order valence-electron chi connectivity index (χ0n) is 11.3. The van der Waals surface area contributed by atoms with Gasteiger partial charge in [-0.1, -0.05) is 42.5 Å². The Labute approximate surface area is 114 Å². The molecule has 2 rings (SSSR count). The van der Waals surface area contributed by atoms with Crippen molar-refractivity contribution in [3.05, 3.63) is 65.7 Å². The Bertz CT molecular complexity index is 499. The van der Waals surface area contributed by atoms with Gasteiger partial charge in [0, 0.05) is 0 Å². The van der Waals surface area contributed by atoms with Crippen LogP contribution in [0, 0.1) is 0 Å². The molecule has 0 saturated heterocycles. The lowest BCUT2D eigenvalue weighted by Crippen LogP contribution is -2.19. The minimum Gasteiger partial charge on any atom is -0.497 e. The van der Waals surface area contributed by atoms with E-state index in [1.807, 2.05) is 54.6 Å². The fourth-order valence-electron chi connectivity index (χ4n) is 1.80. The van der Waals surface area contributed by atoms with Gasteiger partial charge in [0.2, 0.25) is 0 Å². The summed E-state index contributed by atoms with van der Waals surface area (Å²) in [5.74, 6) is 0.856. The minimum absolute atomic E-state index is 0.110. The van der Waals surface area contributed by atoms with Crippen molar-refractivity contribution in [2.75, 3.05) is 7.11 Å². The van der Waals surface area contributed by atoms with Crippen LogP contribution in [-0.2, 0) is 11.4 Å². The predicted molar refractivity (Wildman–Crippen MR) is 75.8 cm³/mol. The lowest BCUT2D eigenvalue weighted by atomic mass is 10.1. The van der Waals surface area contributed by atoms with Crippen LogP contribution in [0.1, 0.15) is 24.1 Å². The van der Waals surface area contributed by atoms with Gasteiger partial charge in [-0.25, -0.2) is 0 Å². The molecule has 0 aliphatic rings. The topological polar surface area (TPSA) is 30.5 Å². The SMILES string of the molecule is COc1cccc(C(C)NOCc2ccccc2)c1. The first-order chi connectivity index (χ1) is 9.29. The highest BCUT2D eigenvalue weighted by Gasteiger charge is 2.06. The monoisotopic (exact) mass is 257 g/mol. The third-order valence-electron chi connectivity index (χ3n) is 2.94. The van der Waals surface area contributed by atoms with Crippen LogP contribution in [0.2, 0.25) is 0 Å². The number of ether oxygens (including phenoxy) is 1. The maximum atomic E-state index is 5.52. The van der Waals surface area contributed by atoms with Crippen LogP contribution >= 0.6 is 0 Å². The second kappa shape index (κ2) is 6.92. The van der Waals surface area contributed by atoms with Gasteiger partial charge in [-0.3, -0.25) is 4.84 Å². The predicted octanol–water partition coefficient (Wildman–Crippen LogP) is 3.48. The molecule has 0 radical (unpaired) electrons. The number of methoxy groups -OCH3 is 1. The van der Waals surface area contributed by atoms with E-state index in [1.54, 1.807) is 7.11 Å². The zero-order valence-corrected chi connectivity index (χ0v) is 11.3. The number of hydroxylamine groups is 1. The Hall–Kier alpha value is -1.84. The van der Waals surface area contributed by atoms with Crippen LogP contribution in [0.3, 0.4) is 0 Å². The normalized spacial score (nSPS) is 12.1. The van der Waals surface area contributed by atoms with Crippen molar-refractivity contribution < 1.29 is 9.57 Å². The van der Waals surface area contributed by atoms with Crippen LogP contribution in [0.25, 0.3) is 0 Å². The van der Waals surface area contributed by atoms with E-state index in [9.17, 15) is 0 Å². The molecule has 0 spiro atoms. The van der Waals surface area contributed by atoms with Gasteiger partial charge in [-0.2, -0.15) is 5.48 Å². The van der Waals surface area contributed by atoms with Gasteiger partial charge in [0.1, 0.15) is 5.75 Å². The summed E-state index contributed by atoms with van der Waals surface area (Å²) >= 11 is 0. The summed E-state index contributed by atoms with van der Waals surface area (Å²) in [4.78, 5) is 5.52. The van der Waals surface area contributed by atoms with E-state index in [0.717, 1.165) is 16.9 Å². The molecule has 0 amide bonds. The Morgan fingerprint density at radius 2 is 1.84 bits per heavy atom. The number of rotatable bonds is 6. The molecule has 100 valence electrons. The molecule has 1 atom stereocenters. The molecule has 19 heavy (non-hydrogen) atoms. The first-order valence-corrected chi connectivity index (χ1v) is 6.35. The number of hydrogen-bond donors (Lipinski definition) is 1. The van der Waals surface area contributed by atoms with Gasteiger partial charge in [-0.05, 0) is 30.2 Å². The summed E-state index contributed by atoms with van der Waals surface area (Å²) in [6.45, 7) is 2.61. The molecule has 0 aromatic heterocycles. The van der Waals surface area contributed by atoms with Gasteiger partial charge in [0.15, 0.2) is 0 Å². The number of hydrogen-bond acceptors (Lipinski definition) is 3. The van der Waals surface area contributed by atoms with Crippen molar-refractivity contribution in [1.82, 2.24) is 5.48 Å². The van der Waals surface area contributed by atoms with E-state index >= 15 is 0 Å². The van der Waals surface area contributed by atoms with E-state index in [2.05, 4.69) is 12.4 Å². The van der Waals surface area contributed by atoms with Crippen molar-refractivity contribution in [3.8, 4) is 5.75 Å². The van der Waals surface area contributed by atoms with Gasteiger partial charge in [0.05, 0.1) is 19.8 Å². The summed E-state index contributed by atoms with van der Waals surface area (Å²) in [5.41, 5.74) is 5.32. The highest BCUT2D eigenvalue weighted by atomic mass is 16.6. The molecule has 1 unspecified atom stereocenters. The molecule has 0 saturated carbocycles. The van der Waals surface area contributed by atoms with Crippen molar-refractivity contribution in [2.24, 2.45) is 0 Å². The second-order valence-electron chi connectivity index (χ2n) is 4.39. The molecule has 3 heteroatoms. The average molecular weight is 257 g/mol. The fraction of sp³-hybridized carbons (Fsp3) is 0.250. The summed E-state index contributed by atoms with van der Waals surface area (Å²) in [5, 5.41) is 0. The molecule has 1 N–H and O–H groups in total. The van der Waals surface area contributed by atoms with Crippen LogP contribution < -0.4 is 10.2 Å². The summed E-state index contributed by atoms with van der Waals surface area (Å²) in [6, 6.07) is 18.2. The Balaban J connectivity index is 1.85. The minimum atomic E-state index is 0.110. The van der Waals surface area contributed by atoms with Crippen molar-refractivity contribution in [1.29, 1.82) is 0 Å². The molecule has 0 heterocycles. The third kappa shape index (κ3) is 4.09. The van der Waals surface area contributed by atoms with Gasteiger partial charge in [0.25, 0.3) is 0 Å². The third-order valence-corrected chi connectivity index (χ3v) is 2.94.